The molecule has 0 fully saturated rings. The number of amides is 1. The largest absolute Gasteiger partial charge is 0.272 e. The van der Waals surface area contributed by atoms with Crippen molar-refractivity contribution in [1.82, 2.24) is 30.2 Å². The lowest BCUT2D eigenvalue weighted by molar-refractivity contribution is -0.118. The van der Waals surface area contributed by atoms with Gasteiger partial charge in [-0.1, -0.05) is 27.7 Å². The number of pyridine rings is 2. The van der Waals surface area contributed by atoms with E-state index in [4.69, 9.17) is 0 Å². The highest BCUT2D eigenvalue weighted by molar-refractivity contribution is 9.10. The van der Waals surface area contributed by atoms with Gasteiger partial charge in [0.1, 0.15) is 0 Å². The van der Waals surface area contributed by atoms with Gasteiger partial charge in [0, 0.05) is 40.5 Å². The Kier molecular flexibility index (Phi) is 6.80. The molecule has 3 heterocycles. The average molecular weight is 494 g/mol. The summed E-state index contributed by atoms with van der Waals surface area (Å²) in [6.45, 7) is 0. The normalized spacial score (nSPS) is 11.0. The Morgan fingerprint density at radius 2 is 1.68 bits per heavy atom. The molecule has 1 N–H and O–H groups in total. The summed E-state index contributed by atoms with van der Waals surface area (Å²) >= 11 is 4.74. The van der Waals surface area contributed by atoms with Crippen LogP contribution in [0.1, 0.15) is 5.56 Å². The van der Waals surface area contributed by atoms with Gasteiger partial charge in [0.05, 0.1) is 12.0 Å². The molecule has 0 radical (unpaired) electrons. The molecular formula is C21H16BrN7OS. The van der Waals surface area contributed by atoms with Gasteiger partial charge in [-0.2, -0.15) is 5.10 Å². The molecule has 0 saturated heterocycles. The van der Waals surface area contributed by atoms with Crippen LogP contribution >= 0.6 is 27.7 Å². The molecule has 0 spiro atoms. The summed E-state index contributed by atoms with van der Waals surface area (Å²) in [5, 5.41) is 13.2. The monoisotopic (exact) mass is 493 g/mol. The van der Waals surface area contributed by atoms with Gasteiger partial charge < -0.3 is 0 Å². The number of nitrogens with zero attached hydrogens (tertiary/aromatic N) is 6. The summed E-state index contributed by atoms with van der Waals surface area (Å²) in [6.07, 6.45) is 8.30. The van der Waals surface area contributed by atoms with E-state index in [1.54, 1.807) is 43.1 Å². The number of aromatic nitrogens is 5. The number of carbonyl (C=O) groups excluding carboxylic acids is 1. The zero-order chi connectivity index (χ0) is 21.5. The Labute approximate surface area is 191 Å². The van der Waals surface area contributed by atoms with E-state index in [0.717, 1.165) is 21.3 Å². The van der Waals surface area contributed by atoms with Gasteiger partial charge in [-0.15, -0.1) is 10.2 Å². The van der Waals surface area contributed by atoms with E-state index in [-0.39, 0.29) is 11.7 Å². The van der Waals surface area contributed by atoms with Gasteiger partial charge in [0.15, 0.2) is 11.0 Å². The van der Waals surface area contributed by atoms with E-state index < -0.39 is 0 Å². The maximum Gasteiger partial charge on any atom is 0.250 e. The SMILES string of the molecule is O=C(CSc1nnc(-c2ccncc2)n1-c1ccc(Br)cc1)N/N=C\c1ccncc1. The average Bonchev–Trinajstić information content (AvgIpc) is 3.23. The minimum atomic E-state index is -0.244. The van der Waals surface area contributed by atoms with Crippen molar-refractivity contribution < 1.29 is 4.79 Å². The Hall–Kier alpha value is -3.37. The predicted octanol–water partition coefficient (Wildman–Crippen LogP) is 3.73. The quantitative estimate of drug-likeness (QED) is 0.239. The van der Waals surface area contributed by atoms with Crippen LogP contribution in [-0.4, -0.2) is 42.6 Å². The maximum absolute atomic E-state index is 12.2. The molecule has 154 valence electrons. The van der Waals surface area contributed by atoms with Crippen molar-refractivity contribution in [1.29, 1.82) is 0 Å². The van der Waals surface area contributed by atoms with Crippen LogP contribution in [0, 0.1) is 0 Å². The van der Waals surface area contributed by atoms with Crippen molar-refractivity contribution in [2.75, 3.05) is 5.75 Å². The Morgan fingerprint density at radius 1 is 1.00 bits per heavy atom. The first kappa shape index (κ1) is 20.9. The number of hydrogen-bond donors (Lipinski definition) is 1. The van der Waals surface area contributed by atoms with Crippen LogP contribution in [0.5, 0.6) is 0 Å². The molecule has 3 aromatic heterocycles. The van der Waals surface area contributed by atoms with E-state index in [1.165, 1.54) is 11.8 Å². The molecule has 0 aliphatic carbocycles. The summed E-state index contributed by atoms with van der Waals surface area (Å²) in [4.78, 5) is 20.2. The molecule has 0 aliphatic rings. The topological polar surface area (TPSA) is 98.0 Å². The molecule has 8 nitrogen and oxygen atoms in total. The lowest BCUT2D eigenvalue weighted by Gasteiger charge is -2.10. The number of benzene rings is 1. The molecule has 0 saturated carbocycles. The second-order valence-electron chi connectivity index (χ2n) is 6.22. The van der Waals surface area contributed by atoms with Crippen LogP contribution in [0.2, 0.25) is 0 Å². The highest BCUT2D eigenvalue weighted by atomic mass is 79.9. The molecule has 10 heteroatoms. The third kappa shape index (κ3) is 5.41. The number of hydrogen-bond acceptors (Lipinski definition) is 7. The second-order valence-corrected chi connectivity index (χ2v) is 8.07. The predicted molar refractivity (Wildman–Crippen MR) is 123 cm³/mol. The van der Waals surface area contributed by atoms with E-state index in [9.17, 15) is 4.79 Å². The minimum absolute atomic E-state index is 0.138. The van der Waals surface area contributed by atoms with Gasteiger partial charge in [-0.25, -0.2) is 5.43 Å². The second kappa shape index (κ2) is 10.1. The smallest absolute Gasteiger partial charge is 0.250 e. The Bertz CT molecular complexity index is 1180. The van der Waals surface area contributed by atoms with Crippen LogP contribution < -0.4 is 5.43 Å². The fourth-order valence-electron chi connectivity index (χ4n) is 2.66. The first-order valence-corrected chi connectivity index (χ1v) is 10.9. The minimum Gasteiger partial charge on any atom is -0.272 e. The highest BCUT2D eigenvalue weighted by Crippen LogP contribution is 2.28. The zero-order valence-electron chi connectivity index (χ0n) is 16.1. The molecule has 0 aliphatic heterocycles. The van der Waals surface area contributed by atoms with Gasteiger partial charge in [-0.3, -0.25) is 19.3 Å². The van der Waals surface area contributed by atoms with Crippen LogP contribution in [0.3, 0.4) is 0 Å². The number of halogens is 1. The lowest BCUT2D eigenvalue weighted by atomic mass is 10.2. The molecule has 0 atom stereocenters. The summed E-state index contributed by atoms with van der Waals surface area (Å²) < 4.78 is 2.88. The molecule has 1 amide bonds. The van der Waals surface area contributed by atoms with E-state index in [1.807, 2.05) is 41.0 Å². The Balaban J connectivity index is 1.51. The Morgan fingerprint density at radius 3 is 2.39 bits per heavy atom. The third-order valence-corrected chi connectivity index (χ3v) is 5.56. The summed E-state index contributed by atoms with van der Waals surface area (Å²) in [7, 11) is 0. The van der Waals surface area contributed by atoms with Crippen molar-refractivity contribution >= 4 is 39.8 Å². The van der Waals surface area contributed by atoms with Crippen molar-refractivity contribution in [3.8, 4) is 17.1 Å². The van der Waals surface area contributed by atoms with Crippen LogP contribution in [0.4, 0.5) is 0 Å². The van der Waals surface area contributed by atoms with Crippen molar-refractivity contribution in [3.63, 3.8) is 0 Å². The van der Waals surface area contributed by atoms with Crippen LogP contribution in [0.15, 0.2) is 88.0 Å². The molecule has 4 aromatic rings. The first-order chi connectivity index (χ1) is 15.2. The van der Waals surface area contributed by atoms with Gasteiger partial charge >= 0.3 is 0 Å². The van der Waals surface area contributed by atoms with Crippen molar-refractivity contribution in [3.05, 3.63) is 83.4 Å². The van der Waals surface area contributed by atoms with Crippen molar-refractivity contribution in [2.24, 2.45) is 5.10 Å². The lowest BCUT2D eigenvalue weighted by Crippen LogP contribution is -2.20. The van der Waals surface area contributed by atoms with Crippen LogP contribution in [0.25, 0.3) is 17.1 Å². The van der Waals surface area contributed by atoms with E-state index in [0.29, 0.717) is 11.0 Å². The number of hydrazone groups is 1. The maximum atomic E-state index is 12.2. The molecular weight excluding hydrogens is 478 g/mol. The highest BCUT2D eigenvalue weighted by Gasteiger charge is 2.17. The molecule has 0 unspecified atom stereocenters. The fourth-order valence-corrected chi connectivity index (χ4v) is 3.67. The van der Waals surface area contributed by atoms with E-state index in [2.05, 4.69) is 46.6 Å². The summed E-state index contributed by atoms with van der Waals surface area (Å²) in [5.41, 5.74) is 5.14. The summed E-state index contributed by atoms with van der Waals surface area (Å²) in [6, 6.07) is 15.1. The standard InChI is InChI=1S/C21H16BrN7OS/c22-17-1-3-18(4-2-17)29-20(16-7-11-24-12-8-16)27-28-21(29)31-14-19(30)26-25-13-15-5-9-23-10-6-15/h1-13H,14H2,(H,26,30)/b25-13-. The van der Waals surface area contributed by atoms with Crippen molar-refractivity contribution in [2.45, 2.75) is 5.16 Å². The van der Waals surface area contributed by atoms with Gasteiger partial charge in [-0.05, 0) is 54.1 Å². The van der Waals surface area contributed by atoms with E-state index >= 15 is 0 Å². The number of carbonyl (C=O) groups is 1. The zero-order valence-corrected chi connectivity index (χ0v) is 18.5. The number of rotatable bonds is 7. The fraction of sp³-hybridized carbons (Fsp3) is 0.0476. The van der Waals surface area contributed by atoms with Crippen LogP contribution in [-0.2, 0) is 4.79 Å². The molecule has 1 aromatic carbocycles. The molecule has 0 bridgehead atoms. The van der Waals surface area contributed by atoms with Gasteiger partial charge in [0.2, 0.25) is 0 Å². The number of thioether (sulfide) groups is 1. The number of nitrogens with one attached hydrogen (secondary N) is 1. The van der Waals surface area contributed by atoms with Gasteiger partial charge in [0.25, 0.3) is 5.91 Å². The first-order valence-electron chi connectivity index (χ1n) is 9.17. The third-order valence-electron chi connectivity index (χ3n) is 4.10. The molecule has 31 heavy (non-hydrogen) atoms. The molecule has 4 rings (SSSR count). The summed E-state index contributed by atoms with van der Waals surface area (Å²) in [5.74, 6) is 0.563.